The van der Waals surface area contributed by atoms with E-state index >= 15 is 0 Å². The second kappa shape index (κ2) is 8.10. The van der Waals surface area contributed by atoms with Gasteiger partial charge in [-0.3, -0.25) is 0 Å². The Morgan fingerprint density at radius 1 is 1.28 bits per heavy atom. The Labute approximate surface area is 163 Å². The van der Waals surface area contributed by atoms with Crippen LogP contribution in [0.5, 0.6) is 5.88 Å². The highest BCUT2D eigenvalue weighted by Gasteiger charge is 2.38. The number of sulfonamides is 1. The number of aliphatic hydroxyl groups excluding tert-OH is 1. The molecular formula is C16H17F3N4O5S. The van der Waals surface area contributed by atoms with Crippen LogP contribution in [0.3, 0.4) is 0 Å². The highest BCUT2D eigenvalue weighted by atomic mass is 32.2. The van der Waals surface area contributed by atoms with Gasteiger partial charge in [0, 0.05) is 18.3 Å². The van der Waals surface area contributed by atoms with Crippen LogP contribution >= 0.6 is 0 Å². The molecule has 0 radical (unpaired) electrons. The summed E-state index contributed by atoms with van der Waals surface area (Å²) in [6.45, 7) is 0.175. The van der Waals surface area contributed by atoms with Gasteiger partial charge in [-0.2, -0.15) is 18.2 Å². The molecular weight excluding hydrogens is 417 g/mol. The summed E-state index contributed by atoms with van der Waals surface area (Å²) < 4.78 is 72.7. The first-order valence-electron chi connectivity index (χ1n) is 8.30. The average Bonchev–Trinajstić information content (AvgIpc) is 2.62. The molecule has 0 saturated carbocycles. The smallest absolute Gasteiger partial charge is 0.423 e. The quantitative estimate of drug-likeness (QED) is 0.643. The van der Waals surface area contributed by atoms with E-state index in [0.717, 1.165) is 0 Å². The second-order valence-corrected chi connectivity index (χ2v) is 7.75. The maximum absolute atomic E-state index is 13.3. The molecule has 1 saturated heterocycles. The van der Waals surface area contributed by atoms with E-state index in [1.807, 2.05) is 0 Å². The number of rotatable bonds is 5. The lowest BCUT2D eigenvalue weighted by atomic mass is 10.1. The maximum Gasteiger partial charge on any atom is 0.423 e. The molecule has 1 aliphatic heterocycles. The van der Waals surface area contributed by atoms with E-state index in [-0.39, 0.29) is 30.5 Å². The Morgan fingerprint density at radius 2 is 1.97 bits per heavy atom. The van der Waals surface area contributed by atoms with Gasteiger partial charge in [-0.15, -0.1) is 0 Å². The second-order valence-electron chi connectivity index (χ2n) is 6.19. The normalized spacial score (nSPS) is 20.3. The standard InChI is InChI=1S/C16H17F3N4O5S/c17-16(18,19)11-7-21-15(22-9-1-3-10(4-2-9)29(20,25)26)23-14(11)28-13-5-6-27-8-12(13)24/h1-4,7,12-13,24H,5-6,8H2,(H2,20,25,26)(H,21,22,23)/t12-,13+/m0/s1. The summed E-state index contributed by atoms with van der Waals surface area (Å²) in [6.07, 6.45) is -6.01. The minimum atomic E-state index is -4.76. The van der Waals surface area contributed by atoms with Crippen LogP contribution in [0.4, 0.5) is 24.8 Å². The highest BCUT2D eigenvalue weighted by Crippen LogP contribution is 2.36. The zero-order chi connectivity index (χ0) is 21.2. The van der Waals surface area contributed by atoms with Gasteiger partial charge in [-0.1, -0.05) is 0 Å². The van der Waals surface area contributed by atoms with Crippen LogP contribution in [-0.2, 0) is 20.9 Å². The number of primary sulfonamides is 1. The largest absolute Gasteiger partial charge is 0.471 e. The maximum atomic E-state index is 13.3. The first kappa shape index (κ1) is 21.2. The summed E-state index contributed by atoms with van der Waals surface area (Å²) >= 11 is 0. The van der Waals surface area contributed by atoms with E-state index in [9.17, 15) is 26.7 Å². The molecule has 13 heteroatoms. The van der Waals surface area contributed by atoms with Crippen molar-refractivity contribution in [1.29, 1.82) is 0 Å². The summed E-state index contributed by atoms with van der Waals surface area (Å²) in [6, 6.07) is 5.14. The number of anilines is 2. The average molecular weight is 434 g/mol. The van der Waals surface area contributed by atoms with Gasteiger partial charge in [-0.05, 0) is 24.3 Å². The summed E-state index contributed by atoms with van der Waals surface area (Å²) in [5.74, 6) is -0.944. The Kier molecular flexibility index (Phi) is 5.93. The predicted molar refractivity (Wildman–Crippen MR) is 94.0 cm³/mol. The summed E-state index contributed by atoms with van der Waals surface area (Å²) in [5, 5.41) is 17.5. The molecule has 2 aromatic rings. The zero-order valence-electron chi connectivity index (χ0n) is 14.8. The molecule has 2 atom stereocenters. The van der Waals surface area contributed by atoms with Crippen molar-refractivity contribution in [3.63, 3.8) is 0 Å². The Morgan fingerprint density at radius 3 is 2.55 bits per heavy atom. The lowest BCUT2D eigenvalue weighted by Gasteiger charge is -2.28. The van der Waals surface area contributed by atoms with Crippen molar-refractivity contribution in [1.82, 2.24) is 9.97 Å². The molecule has 0 spiro atoms. The van der Waals surface area contributed by atoms with Crippen molar-refractivity contribution in [2.45, 2.75) is 29.7 Å². The zero-order valence-corrected chi connectivity index (χ0v) is 15.6. The van der Waals surface area contributed by atoms with Crippen LogP contribution < -0.4 is 15.2 Å². The molecule has 3 rings (SSSR count). The van der Waals surface area contributed by atoms with Gasteiger partial charge in [0.05, 0.1) is 18.1 Å². The van der Waals surface area contributed by atoms with Gasteiger partial charge < -0.3 is 19.9 Å². The van der Waals surface area contributed by atoms with Crippen molar-refractivity contribution < 1.29 is 36.2 Å². The van der Waals surface area contributed by atoms with Crippen molar-refractivity contribution in [2.75, 3.05) is 18.5 Å². The fourth-order valence-electron chi connectivity index (χ4n) is 2.55. The van der Waals surface area contributed by atoms with Crippen molar-refractivity contribution in [3.05, 3.63) is 36.0 Å². The molecule has 1 aromatic carbocycles. The molecule has 0 bridgehead atoms. The molecule has 158 valence electrons. The molecule has 0 unspecified atom stereocenters. The Hall–Kier alpha value is -2.48. The molecule has 1 aliphatic rings. The van der Waals surface area contributed by atoms with Gasteiger partial charge in [0.2, 0.25) is 21.9 Å². The summed E-state index contributed by atoms with van der Waals surface area (Å²) in [4.78, 5) is 7.28. The third-order valence-corrected chi connectivity index (χ3v) is 4.95. The third kappa shape index (κ3) is 5.32. The first-order chi connectivity index (χ1) is 13.5. The minimum Gasteiger partial charge on any atom is -0.471 e. The minimum absolute atomic E-state index is 0.0569. The summed E-state index contributed by atoms with van der Waals surface area (Å²) in [5.41, 5.74) is -0.875. The van der Waals surface area contributed by atoms with E-state index in [4.69, 9.17) is 14.6 Å². The lowest BCUT2D eigenvalue weighted by Crippen LogP contribution is -2.41. The number of hydrogen-bond acceptors (Lipinski definition) is 8. The van der Waals surface area contributed by atoms with E-state index in [1.54, 1.807) is 0 Å². The topological polar surface area (TPSA) is 137 Å². The van der Waals surface area contributed by atoms with Crippen LogP contribution in [0.1, 0.15) is 12.0 Å². The molecule has 4 N–H and O–H groups in total. The van der Waals surface area contributed by atoms with Crippen LogP contribution in [-0.4, -0.2) is 48.9 Å². The number of benzene rings is 1. The van der Waals surface area contributed by atoms with Crippen LogP contribution in [0.25, 0.3) is 0 Å². The first-order valence-corrected chi connectivity index (χ1v) is 9.85. The Bertz CT molecular complexity index is 970. The van der Waals surface area contributed by atoms with Crippen molar-refractivity contribution >= 4 is 21.7 Å². The highest BCUT2D eigenvalue weighted by molar-refractivity contribution is 7.89. The van der Waals surface area contributed by atoms with E-state index < -0.39 is 39.9 Å². The van der Waals surface area contributed by atoms with Gasteiger partial charge in [-0.25, -0.2) is 18.5 Å². The van der Waals surface area contributed by atoms with E-state index in [1.165, 1.54) is 24.3 Å². The van der Waals surface area contributed by atoms with Crippen LogP contribution in [0, 0.1) is 0 Å². The molecule has 1 fully saturated rings. The van der Waals surface area contributed by atoms with E-state index in [2.05, 4.69) is 15.3 Å². The van der Waals surface area contributed by atoms with Crippen molar-refractivity contribution in [2.24, 2.45) is 5.14 Å². The number of ether oxygens (including phenoxy) is 2. The number of nitrogens with one attached hydrogen (secondary N) is 1. The summed E-state index contributed by atoms with van der Waals surface area (Å²) in [7, 11) is -3.88. The fourth-order valence-corrected chi connectivity index (χ4v) is 3.07. The number of nitrogens with two attached hydrogens (primary N) is 1. The third-order valence-electron chi connectivity index (χ3n) is 4.03. The molecule has 0 amide bonds. The Balaban J connectivity index is 1.86. The number of halogens is 3. The molecule has 29 heavy (non-hydrogen) atoms. The molecule has 2 heterocycles. The fraction of sp³-hybridized carbons (Fsp3) is 0.375. The predicted octanol–water partition coefficient (Wildman–Crippen LogP) is 1.42. The van der Waals surface area contributed by atoms with Gasteiger partial charge in [0.1, 0.15) is 17.8 Å². The van der Waals surface area contributed by atoms with Crippen LogP contribution in [0.2, 0.25) is 0 Å². The monoisotopic (exact) mass is 434 g/mol. The lowest BCUT2D eigenvalue weighted by molar-refractivity contribution is -0.141. The van der Waals surface area contributed by atoms with Gasteiger partial charge in [0.15, 0.2) is 0 Å². The van der Waals surface area contributed by atoms with E-state index in [0.29, 0.717) is 11.9 Å². The number of hydrogen-bond donors (Lipinski definition) is 3. The molecule has 1 aromatic heterocycles. The number of nitrogens with zero attached hydrogens (tertiary/aromatic N) is 2. The number of alkyl halides is 3. The number of aromatic nitrogens is 2. The van der Waals surface area contributed by atoms with Crippen molar-refractivity contribution in [3.8, 4) is 5.88 Å². The number of aliphatic hydroxyl groups is 1. The van der Waals surface area contributed by atoms with Crippen LogP contribution in [0.15, 0.2) is 35.4 Å². The molecule has 0 aliphatic carbocycles. The SMILES string of the molecule is NS(=O)(=O)c1ccc(Nc2ncc(C(F)(F)F)c(O[C@@H]3CCOC[C@@H]3O)n2)cc1. The van der Waals surface area contributed by atoms with Gasteiger partial charge >= 0.3 is 6.18 Å². The van der Waals surface area contributed by atoms with Gasteiger partial charge in [0.25, 0.3) is 0 Å². The molecule has 9 nitrogen and oxygen atoms in total.